The Morgan fingerprint density at radius 3 is 2.89 bits per heavy atom. The molecule has 3 N–H and O–H groups in total. The van der Waals surface area contributed by atoms with Crippen LogP contribution >= 0.6 is 11.3 Å². The van der Waals surface area contributed by atoms with Crippen LogP contribution in [0, 0.1) is 5.92 Å². The van der Waals surface area contributed by atoms with Crippen LogP contribution < -0.4 is 5.32 Å². The smallest absolute Gasteiger partial charge is 0.138 e. The molecule has 1 fully saturated rings. The lowest BCUT2D eigenvalue weighted by Gasteiger charge is -2.11. The minimum atomic E-state index is 0.786. The maximum atomic E-state index is 5.02. The zero-order chi connectivity index (χ0) is 24.6. The molecule has 0 amide bonds. The summed E-state index contributed by atoms with van der Waals surface area (Å²) in [7, 11) is 0. The van der Waals surface area contributed by atoms with Gasteiger partial charge in [-0.3, -0.25) is 10.1 Å². The molecule has 7 nitrogen and oxygen atoms in total. The van der Waals surface area contributed by atoms with Gasteiger partial charge in [-0.15, -0.1) is 11.3 Å². The summed E-state index contributed by atoms with van der Waals surface area (Å²) in [5.41, 5.74) is 8.47. The first-order valence-electron chi connectivity index (χ1n) is 12.8. The molecule has 7 rings (SSSR count). The van der Waals surface area contributed by atoms with E-state index in [0.717, 1.165) is 63.7 Å². The number of thiophene rings is 1. The molecule has 8 heteroatoms. The van der Waals surface area contributed by atoms with Crippen molar-refractivity contribution in [3.05, 3.63) is 72.0 Å². The minimum Gasteiger partial charge on any atom is -0.338 e. The number of H-pyrrole nitrogens is 2. The van der Waals surface area contributed by atoms with E-state index >= 15 is 0 Å². The molecular formula is C29H27N7S. The van der Waals surface area contributed by atoms with Gasteiger partial charge in [0.2, 0.25) is 0 Å². The van der Waals surface area contributed by atoms with Crippen LogP contribution in [0.1, 0.15) is 31.2 Å². The zero-order valence-corrected chi connectivity index (χ0v) is 21.2. The van der Waals surface area contributed by atoms with E-state index in [1.807, 2.05) is 30.7 Å². The molecule has 1 aliphatic carbocycles. The maximum absolute atomic E-state index is 5.02. The molecule has 0 atom stereocenters. The van der Waals surface area contributed by atoms with E-state index in [0.29, 0.717) is 0 Å². The molecular weight excluding hydrogens is 478 g/mol. The second kappa shape index (κ2) is 9.53. The Hall–Kier alpha value is -3.88. The van der Waals surface area contributed by atoms with Gasteiger partial charge >= 0.3 is 0 Å². The van der Waals surface area contributed by atoms with Crippen molar-refractivity contribution < 1.29 is 0 Å². The molecule has 6 aromatic heterocycles. The van der Waals surface area contributed by atoms with Crippen molar-refractivity contribution in [3.63, 3.8) is 0 Å². The van der Waals surface area contributed by atoms with Crippen LogP contribution in [0.25, 0.3) is 55.2 Å². The van der Waals surface area contributed by atoms with E-state index in [4.69, 9.17) is 4.98 Å². The van der Waals surface area contributed by atoms with Gasteiger partial charge in [-0.2, -0.15) is 5.10 Å². The van der Waals surface area contributed by atoms with Crippen LogP contribution in [0.3, 0.4) is 0 Å². The lowest BCUT2D eigenvalue weighted by Crippen LogP contribution is -2.20. The van der Waals surface area contributed by atoms with E-state index in [9.17, 15) is 0 Å². The SMILES string of the molecule is c1csc(-c2ccnc3[nH]c(-c4n[nH]c5ccc(-c6cncc(CNCC7CCCC7)c6)nc45)cc23)c1. The zero-order valence-electron chi connectivity index (χ0n) is 20.4. The molecule has 1 aliphatic rings. The minimum absolute atomic E-state index is 0.786. The number of hydrogen-bond acceptors (Lipinski definition) is 6. The second-order valence-corrected chi connectivity index (χ2v) is 10.8. The maximum Gasteiger partial charge on any atom is 0.138 e. The van der Waals surface area contributed by atoms with Crippen molar-refractivity contribution in [1.82, 2.24) is 35.5 Å². The van der Waals surface area contributed by atoms with Crippen LogP contribution in [0.5, 0.6) is 0 Å². The standard InChI is InChI=1S/C29H27N7S/c1-2-5-18(4-1)14-30-15-19-12-20(17-31-16-19)23-7-8-24-27(33-23)28(36-35-24)25-13-22-21(26-6-3-11-37-26)9-10-32-29(22)34-25/h3,6-13,16-18,30H,1-2,4-5,14-15H2,(H,32,34)(H,35,36). The van der Waals surface area contributed by atoms with Crippen molar-refractivity contribution >= 4 is 33.4 Å². The van der Waals surface area contributed by atoms with Crippen molar-refractivity contribution in [2.45, 2.75) is 32.2 Å². The molecule has 0 spiro atoms. The molecule has 37 heavy (non-hydrogen) atoms. The first-order valence-corrected chi connectivity index (χ1v) is 13.7. The van der Waals surface area contributed by atoms with Crippen LogP contribution in [-0.2, 0) is 6.54 Å². The predicted molar refractivity (Wildman–Crippen MR) is 149 cm³/mol. The fourth-order valence-electron chi connectivity index (χ4n) is 5.41. The lowest BCUT2D eigenvalue weighted by atomic mass is 10.1. The highest BCUT2D eigenvalue weighted by Crippen LogP contribution is 2.35. The van der Waals surface area contributed by atoms with Crippen molar-refractivity contribution in [2.75, 3.05) is 6.54 Å². The van der Waals surface area contributed by atoms with Gasteiger partial charge in [0, 0.05) is 46.5 Å². The van der Waals surface area contributed by atoms with E-state index in [1.165, 1.54) is 41.7 Å². The normalized spacial score (nSPS) is 14.3. The Balaban J connectivity index is 1.20. The monoisotopic (exact) mass is 505 g/mol. The Morgan fingerprint density at radius 1 is 1.05 bits per heavy atom. The largest absolute Gasteiger partial charge is 0.338 e. The summed E-state index contributed by atoms with van der Waals surface area (Å²) in [4.78, 5) is 18.8. The number of rotatable bonds is 7. The third-order valence-electron chi connectivity index (χ3n) is 7.31. The van der Waals surface area contributed by atoms with E-state index < -0.39 is 0 Å². The molecule has 6 heterocycles. The quantitative estimate of drug-likeness (QED) is 0.228. The first-order chi connectivity index (χ1) is 18.3. The molecule has 6 aromatic rings. The summed E-state index contributed by atoms with van der Waals surface area (Å²) < 4.78 is 0. The number of aromatic amines is 2. The van der Waals surface area contributed by atoms with E-state index in [2.05, 4.69) is 66.2 Å². The third-order valence-corrected chi connectivity index (χ3v) is 8.21. The van der Waals surface area contributed by atoms with Gasteiger partial charge in [0.25, 0.3) is 0 Å². The van der Waals surface area contributed by atoms with Gasteiger partial charge in [-0.1, -0.05) is 18.9 Å². The molecule has 0 aromatic carbocycles. The number of pyridine rings is 3. The second-order valence-electron chi connectivity index (χ2n) is 9.81. The molecule has 0 radical (unpaired) electrons. The van der Waals surface area contributed by atoms with Crippen molar-refractivity contribution in [1.29, 1.82) is 0 Å². The highest BCUT2D eigenvalue weighted by Gasteiger charge is 2.17. The van der Waals surface area contributed by atoms with Crippen LogP contribution in [0.15, 0.2) is 66.4 Å². The summed E-state index contributed by atoms with van der Waals surface area (Å²) in [5.74, 6) is 0.820. The van der Waals surface area contributed by atoms with Gasteiger partial charge < -0.3 is 10.3 Å². The molecule has 0 saturated heterocycles. The molecule has 0 bridgehead atoms. The third kappa shape index (κ3) is 4.32. The topological polar surface area (TPSA) is 95.2 Å². The number of fused-ring (bicyclic) bond motifs is 2. The highest BCUT2D eigenvalue weighted by atomic mass is 32.1. The van der Waals surface area contributed by atoms with E-state index in [-0.39, 0.29) is 0 Å². The van der Waals surface area contributed by atoms with Crippen molar-refractivity contribution in [3.8, 4) is 33.1 Å². The molecule has 0 unspecified atom stereocenters. The van der Waals surface area contributed by atoms with Crippen LogP contribution in [0.2, 0.25) is 0 Å². The summed E-state index contributed by atoms with van der Waals surface area (Å²) in [5, 5.41) is 14.5. The van der Waals surface area contributed by atoms with Gasteiger partial charge in [-0.25, -0.2) is 9.97 Å². The van der Waals surface area contributed by atoms with E-state index in [1.54, 1.807) is 11.3 Å². The summed E-state index contributed by atoms with van der Waals surface area (Å²) >= 11 is 1.73. The molecule has 184 valence electrons. The van der Waals surface area contributed by atoms with Gasteiger partial charge in [-0.05, 0) is 72.6 Å². The Bertz CT molecular complexity index is 1680. The van der Waals surface area contributed by atoms with Crippen LogP contribution in [-0.4, -0.2) is 36.7 Å². The van der Waals surface area contributed by atoms with Crippen molar-refractivity contribution in [2.24, 2.45) is 5.92 Å². The first kappa shape index (κ1) is 22.3. The van der Waals surface area contributed by atoms with Gasteiger partial charge in [0.1, 0.15) is 16.9 Å². The fraction of sp³-hybridized carbons (Fsp3) is 0.241. The number of nitrogens with zero attached hydrogens (tertiary/aromatic N) is 4. The summed E-state index contributed by atoms with van der Waals surface area (Å²) in [6, 6.07) is 14.6. The van der Waals surface area contributed by atoms with Gasteiger partial charge in [0.15, 0.2) is 0 Å². The van der Waals surface area contributed by atoms with Gasteiger partial charge in [0.05, 0.1) is 16.9 Å². The Labute approximate surface area is 218 Å². The lowest BCUT2D eigenvalue weighted by molar-refractivity contribution is 0.489. The highest BCUT2D eigenvalue weighted by molar-refractivity contribution is 7.13. The number of aromatic nitrogens is 6. The fourth-order valence-corrected chi connectivity index (χ4v) is 6.17. The number of hydrogen-bond donors (Lipinski definition) is 3. The predicted octanol–water partition coefficient (Wildman–Crippen LogP) is 6.57. The summed E-state index contributed by atoms with van der Waals surface area (Å²) in [6.07, 6.45) is 11.1. The number of nitrogens with one attached hydrogen (secondary N) is 3. The molecule has 0 aliphatic heterocycles. The Morgan fingerprint density at radius 2 is 2.00 bits per heavy atom. The van der Waals surface area contributed by atoms with Crippen LogP contribution in [0.4, 0.5) is 0 Å². The average molecular weight is 506 g/mol. The summed E-state index contributed by atoms with van der Waals surface area (Å²) in [6.45, 7) is 1.91. The Kier molecular flexibility index (Phi) is 5.75. The molecule has 1 saturated carbocycles. The average Bonchev–Trinajstić information content (AvgIpc) is 3.74.